The lowest BCUT2D eigenvalue weighted by atomic mass is 10.0. The van der Waals surface area contributed by atoms with Crippen LogP contribution in [0.4, 0.5) is 0 Å². The zero-order chi connectivity index (χ0) is 43.4. The molecule has 0 fully saturated rings. The van der Waals surface area contributed by atoms with Crippen LogP contribution in [-0.4, -0.2) is 158 Å². The summed E-state index contributed by atoms with van der Waals surface area (Å²) in [5.41, 5.74) is 5.80. The number of carboxylic acid groups (broad SMARTS) is 4. The van der Waals surface area contributed by atoms with Gasteiger partial charge in [-0.05, 0) is 38.2 Å². The van der Waals surface area contributed by atoms with E-state index in [0.29, 0.717) is 5.75 Å². The number of aliphatic hydroxyl groups is 1. The number of carbonyl (C=O) groups is 11. The third-order valence-electron chi connectivity index (χ3n) is 7.48. The van der Waals surface area contributed by atoms with Crippen molar-refractivity contribution in [3.05, 3.63) is 0 Å². The summed E-state index contributed by atoms with van der Waals surface area (Å²) in [6, 6.07) is -11.6. The normalized spacial score (nSPS) is 15.1. The molecule has 316 valence electrons. The van der Waals surface area contributed by atoms with Crippen LogP contribution in [0.1, 0.15) is 53.4 Å². The highest BCUT2D eigenvalue weighted by Gasteiger charge is 2.36. The van der Waals surface area contributed by atoms with Crippen LogP contribution in [-0.2, 0) is 52.7 Å². The van der Waals surface area contributed by atoms with E-state index in [9.17, 15) is 68.1 Å². The second kappa shape index (κ2) is 24.8. The lowest BCUT2D eigenvalue weighted by Gasteiger charge is -2.27. The summed E-state index contributed by atoms with van der Waals surface area (Å²) in [4.78, 5) is 136. The van der Waals surface area contributed by atoms with Gasteiger partial charge in [-0.15, -0.1) is 0 Å². The Morgan fingerprint density at radius 2 is 0.946 bits per heavy atom. The summed E-state index contributed by atoms with van der Waals surface area (Å²) in [5, 5.41) is 61.6. The molecule has 25 heteroatoms. The van der Waals surface area contributed by atoms with Crippen LogP contribution in [0.15, 0.2) is 0 Å². The van der Waals surface area contributed by atoms with Crippen molar-refractivity contribution in [2.75, 3.05) is 18.6 Å². The molecule has 0 aliphatic carbocycles. The van der Waals surface area contributed by atoms with Crippen molar-refractivity contribution in [2.45, 2.75) is 102 Å². The van der Waals surface area contributed by atoms with Gasteiger partial charge in [-0.1, -0.05) is 13.8 Å². The van der Waals surface area contributed by atoms with E-state index in [1.54, 1.807) is 6.26 Å². The molecule has 0 aliphatic heterocycles. The van der Waals surface area contributed by atoms with Crippen molar-refractivity contribution >= 4 is 77.0 Å². The zero-order valence-electron chi connectivity index (χ0n) is 31.2. The van der Waals surface area contributed by atoms with Gasteiger partial charge in [0.05, 0.1) is 31.4 Å². The van der Waals surface area contributed by atoms with Gasteiger partial charge in [-0.25, -0.2) is 0 Å². The number of rotatable bonds is 26. The first-order chi connectivity index (χ1) is 25.9. The fraction of sp³-hybridized carbons (Fsp3) is 0.645. The maximum absolute atomic E-state index is 13.2. The molecule has 56 heavy (non-hydrogen) atoms. The Morgan fingerprint density at radius 1 is 0.536 bits per heavy atom. The number of nitrogens with one attached hydrogen (secondary N) is 7. The third-order valence-corrected chi connectivity index (χ3v) is 8.12. The number of hydrogen-bond donors (Lipinski definition) is 13. The number of nitrogens with two attached hydrogens (primary N) is 1. The number of aliphatic carboxylic acids is 4. The maximum atomic E-state index is 13.2. The molecule has 0 bridgehead atoms. The average molecular weight is 823 g/mol. The Kier molecular flexibility index (Phi) is 22.3. The third kappa shape index (κ3) is 19.2. The van der Waals surface area contributed by atoms with Gasteiger partial charge in [0.2, 0.25) is 41.4 Å². The Morgan fingerprint density at radius 3 is 1.36 bits per heavy atom. The molecule has 8 unspecified atom stereocenters. The van der Waals surface area contributed by atoms with Crippen LogP contribution in [0.25, 0.3) is 0 Å². The van der Waals surface area contributed by atoms with Gasteiger partial charge in [0.15, 0.2) is 0 Å². The van der Waals surface area contributed by atoms with Gasteiger partial charge in [-0.2, -0.15) is 11.8 Å². The molecule has 0 saturated carbocycles. The second-order valence-corrected chi connectivity index (χ2v) is 13.6. The highest BCUT2D eigenvalue weighted by Crippen LogP contribution is 2.07. The molecule has 0 aromatic rings. The summed E-state index contributed by atoms with van der Waals surface area (Å²) in [5.74, 6) is -14.5. The molecule has 0 rings (SSSR count). The van der Waals surface area contributed by atoms with E-state index < -0.39 is 145 Å². The van der Waals surface area contributed by atoms with Crippen molar-refractivity contribution in [3.63, 3.8) is 0 Å². The molecule has 7 amide bonds. The van der Waals surface area contributed by atoms with Crippen molar-refractivity contribution in [1.29, 1.82) is 0 Å². The minimum Gasteiger partial charge on any atom is -0.481 e. The number of carbonyl (C=O) groups excluding carboxylic acids is 7. The van der Waals surface area contributed by atoms with E-state index in [-0.39, 0.29) is 6.42 Å². The van der Waals surface area contributed by atoms with E-state index in [2.05, 4.69) is 31.9 Å². The molecular weight excluding hydrogens is 772 g/mol. The van der Waals surface area contributed by atoms with Gasteiger partial charge in [0.1, 0.15) is 42.8 Å². The molecule has 24 nitrogen and oxygen atoms in total. The van der Waals surface area contributed by atoms with E-state index in [0.717, 1.165) is 13.8 Å². The van der Waals surface area contributed by atoms with E-state index in [4.69, 9.17) is 15.9 Å². The highest BCUT2D eigenvalue weighted by molar-refractivity contribution is 7.98. The van der Waals surface area contributed by atoms with Crippen molar-refractivity contribution < 1.29 is 78.3 Å². The molecule has 0 aliphatic rings. The fourth-order valence-corrected chi connectivity index (χ4v) is 4.96. The Labute approximate surface area is 324 Å². The highest BCUT2D eigenvalue weighted by atomic mass is 32.2. The zero-order valence-corrected chi connectivity index (χ0v) is 32.0. The Bertz CT molecular complexity index is 1480. The molecule has 0 aromatic carbocycles. The van der Waals surface area contributed by atoms with Gasteiger partial charge in [0, 0.05) is 0 Å². The molecule has 0 saturated heterocycles. The summed E-state index contributed by atoms with van der Waals surface area (Å²) in [7, 11) is 0. The maximum Gasteiger partial charge on any atom is 0.322 e. The average Bonchev–Trinajstić information content (AvgIpc) is 3.08. The fourth-order valence-electron chi connectivity index (χ4n) is 4.47. The standard InChI is InChI=1S/C31H50N8O16S/c1-12(2)23(30(54)36-16(8-19(41)42)27(51)33-11-22(47)48)38-29(53)18(10-21(45)46)35-25(49)13(3)34-28(52)17(9-20(43)44)37-31(55)24(14(4)40)39-26(50)15(32)6-7-56-5/h12-18,23-24,40H,6-11,32H2,1-5H3,(H,33,51)(H,34,52)(H,35,49)(H,36,54)(H,37,55)(H,38,53)(H,39,50)(H,41,42)(H,43,44)(H,45,46)(H,47,48). The molecule has 8 atom stereocenters. The van der Waals surface area contributed by atoms with Crippen LogP contribution in [0, 0.1) is 5.92 Å². The predicted octanol–water partition coefficient (Wildman–Crippen LogP) is -5.34. The second-order valence-electron chi connectivity index (χ2n) is 12.7. The van der Waals surface area contributed by atoms with Gasteiger partial charge in [-0.3, -0.25) is 52.7 Å². The first-order valence-electron chi connectivity index (χ1n) is 16.8. The predicted molar refractivity (Wildman–Crippen MR) is 192 cm³/mol. The van der Waals surface area contributed by atoms with Gasteiger partial charge < -0.3 is 68.5 Å². The number of thioether (sulfide) groups is 1. The summed E-state index contributed by atoms with van der Waals surface area (Å²) in [6.07, 6.45) is -2.65. The van der Waals surface area contributed by atoms with E-state index in [1.165, 1.54) is 25.6 Å². The number of hydrogen-bond acceptors (Lipinski definition) is 14. The SMILES string of the molecule is CSCCC(N)C(=O)NC(C(=O)NC(CC(=O)O)C(=O)NC(C)C(=O)NC(CC(=O)O)C(=O)NC(C(=O)NC(CC(=O)O)C(=O)NCC(=O)O)C(C)C)C(C)O. The van der Waals surface area contributed by atoms with Crippen molar-refractivity contribution in [2.24, 2.45) is 11.7 Å². The number of amides is 7. The Hall–Kier alpha value is -5.56. The molecule has 0 radical (unpaired) electrons. The molecule has 0 heterocycles. The topological polar surface area (TPSA) is 399 Å². The van der Waals surface area contributed by atoms with Crippen LogP contribution in [0.5, 0.6) is 0 Å². The van der Waals surface area contributed by atoms with E-state index >= 15 is 0 Å². The quantitative estimate of drug-likeness (QED) is 0.0387. The number of aliphatic hydroxyl groups excluding tert-OH is 1. The summed E-state index contributed by atoms with van der Waals surface area (Å²) in [6.45, 7) is 4.11. The van der Waals surface area contributed by atoms with Crippen LogP contribution >= 0.6 is 11.8 Å². The van der Waals surface area contributed by atoms with Crippen LogP contribution in [0.3, 0.4) is 0 Å². The first-order valence-corrected chi connectivity index (χ1v) is 18.2. The largest absolute Gasteiger partial charge is 0.481 e. The van der Waals surface area contributed by atoms with Crippen molar-refractivity contribution in [3.8, 4) is 0 Å². The Balaban J connectivity index is 5.97. The van der Waals surface area contributed by atoms with Crippen molar-refractivity contribution in [1.82, 2.24) is 37.2 Å². The molecule has 0 aromatic heterocycles. The first kappa shape index (κ1) is 50.4. The van der Waals surface area contributed by atoms with Gasteiger partial charge in [0.25, 0.3) is 0 Å². The van der Waals surface area contributed by atoms with E-state index in [1.807, 2.05) is 5.32 Å². The van der Waals surface area contributed by atoms with Gasteiger partial charge >= 0.3 is 23.9 Å². The molecular formula is C31H50N8O16S. The lowest BCUT2D eigenvalue weighted by Crippen LogP contribution is -2.61. The van der Waals surface area contributed by atoms with Crippen LogP contribution in [0.2, 0.25) is 0 Å². The smallest absolute Gasteiger partial charge is 0.322 e. The summed E-state index contributed by atoms with van der Waals surface area (Å²) < 4.78 is 0. The van der Waals surface area contributed by atoms with Crippen LogP contribution < -0.4 is 43.0 Å². The monoisotopic (exact) mass is 822 g/mol. The number of carboxylic acids is 4. The lowest BCUT2D eigenvalue weighted by molar-refractivity contribution is -0.142. The molecule has 14 N–H and O–H groups in total. The summed E-state index contributed by atoms with van der Waals surface area (Å²) >= 11 is 1.40. The minimum absolute atomic E-state index is 0.223. The minimum atomic E-state index is -1.92. The molecule has 0 spiro atoms.